The summed E-state index contributed by atoms with van der Waals surface area (Å²) in [5.74, 6) is 1.43. The zero-order valence-electron chi connectivity index (χ0n) is 11.4. The highest BCUT2D eigenvalue weighted by Crippen LogP contribution is 2.27. The van der Waals surface area contributed by atoms with Gasteiger partial charge in [-0.05, 0) is 31.2 Å². The largest absolute Gasteiger partial charge is 0.488 e. The summed E-state index contributed by atoms with van der Waals surface area (Å²) in [7, 11) is 0. The number of carbonyl (C=O) groups is 1. The van der Waals surface area contributed by atoms with Crippen molar-refractivity contribution in [2.45, 2.75) is 18.1 Å². The minimum absolute atomic E-state index is 0.116. The topological polar surface area (TPSA) is 68.7 Å². The molecule has 0 radical (unpaired) electrons. The van der Waals surface area contributed by atoms with E-state index in [2.05, 4.69) is 17.6 Å². The van der Waals surface area contributed by atoms with E-state index < -0.39 is 0 Å². The Labute approximate surface area is 128 Å². The molecular formula is C15H15NO4S. The Morgan fingerprint density at radius 2 is 2.05 bits per heavy atom. The number of aliphatic hydroxyl groups excluding tert-OH is 1. The van der Waals surface area contributed by atoms with Crippen LogP contribution in [0.25, 0.3) is 0 Å². The maximum absolute atomic E-state index is 11.0. The second-order valence-electron chi connectivity index (χ2n) is 4.42. The number of ether oxygens (including phenoxy) is 2. The molecule has 1 aromatic heterocycles. The van der Waals surface area contributed by atoms with E-state index in [1.165, 1.54) is 6.20 Å². The average molecular weight is 305 g/mol. The number of aromatic nitrogens is 1. The van der Waals surface area contributed by atoms with Gasteiger partial charge in [-0.3, -0.25) is 4.79 Å². The van der Waals surface area contributed by atoms with E-state index in [1.54, 1.807) is 37.3 Å². The third kappa shape index (κ3) is 4.47. The van der Waals surface area contributed by atoms with Gasteiger partial charge < -0.3 is 14.6 Å². The molecule has 0 bridgehead atoms. The Balaban J connectivity index is 2.23. The lowest BCUT2D eigenvalue weighted by Crippen LogP contribution is -2.16. The molecule has 1 unspecified atom stereocenters. The van der Waals surface area contributed by atoms with Gasteiger partial charge in [-0.15, -0.1) is 12.6 Å². The minimum Gasteiger partial charge on any atom is -0.488 e. The Morgan fingerprint density at radius 1 is 1.29 bits per heavy atom. The van der Waals surface area contributed by atoms with Crippen molar-refractivity contribution in [3.05, 3.63) is 42.1 Å². The van der Waals surface area contributed by atoms with Gasteiger partial charge in [0.1, 0.15) is 29.6 Å². The molecule has 0 amide bonds. The van der Waals surface area contributed by atoms with Crippen LogP contribution in [0.2, 0.25) is 0 Å². The van der Waals surface area contributed by atoms with Crippen molar-refractivity contribution < 1.29 is 19.4 Å². The molecule has 0 aliphatic rings. The standard InChI is InChI=1S/C15H15NO4S/c1-10(8-17)19-13-4-11(9-18)5-14(6-13)20-12-2-3-15(21)16-7-12/h2-7,9-10,17H,8H2,1H3,(H,16,21). The van der Waals surface area contributed by atoms with Crippen molar-refractivity contribution in [1.29, 1.82) is 0 Å². The van der Waals surface area contributed by atoms with Crippen molar-refractivity contribution in [2.75, 3.05) is 6.61 Å². The van der Waals surface area contributed by atoms with Gasteiger partial charge in [0.25, 0.3) is 0 Å². The highest BCUT2D eigenvalue weighted by atomic mass is 32.1. The van der Waals surface area contributed by atoms with Crippen LogP contribution in [0.1, 0.15) is 17.3 Å². The number of pyridine rings is 1. The van der Waals surface area contributed by atoms with Crippen LogP contribution in [-0.4, -0.2) is 29.1 Å². The molecule has 2 rings (SSSR count). The zero-order chi connectivity index (χ0) is 15.2. The lowest BCUT2D eigenvalue weighted by Gasteiger charge is -2.14. The second kappa shape index (κ2) is 7.10. The molecule has 6 heteroatoms. The van der Waals surface area contributed by atoms with Crippen molar-refractivity contribution in [1.82, 2.24) is 4.98 Å². The third-order valence-corrected chi connectivity index (χ3v) is 2.85. The molecule has 0 saturated carbocycles. The van der Waals surface area contributed by atoms with Gasteiger partial charge >= 0.3 is 0 Å². The summed E-state index contributed by atoms with van der Waals surface area (Å²) in [5, 5.41) is 9.60. The van der Waals surface area contributed by atoms with Crippen molar-refractivity contribution in [3.8, 4) is 17.2 Å². The van der Waals surface area contributed by atoms with Crippen LogP contribution in [0.15, 0.2) is 41.6 Å². The first-order valence-corrected chi connectivity index (χ1v) is 6.76. The SMILES string of the molecule is CC(CO)Oc1cc(C=O)cc(Oc2ccc(S)nc2)c1. The summed E-state index contributed by atoms with van der Waals surface area (Å²) < 4.78 is 11.1. The average Bonchev–Trinajstić information content (AvgIpc) is 2.49. The van der Waals surface area contributed by atoms with E-state index in [9.17, 15) is 4.79 Å². The molecule has 1 heterocycles. The van der Waals surface area contributed by atoms with E-state index in [0.29, 0.717) is 34.1 Å². The van der Waals surface area contributed by atoms with Crippen molar-refractivity contribution in [3.63, 3.8) is 0 Å². The van der Waals surface area contributed by atoms with Crippen LogP contribution >= 0.6 is 12.6 Å². The summed E-state index contributed by atoms with van der Waals surface area (Å²) in [4.78, 5) is 15.0. The van der Waals surface area contributed by atoms with Crippen molar-refractivity contribution >= 4 is 18.9 Å². The first-order valence-electron chi connectivity index (χ1n) is 6.31. The summed E-state index contributed by atoms with van der Waals surface area (Å²) in [5.41, 5.74) is 0.423. The molecule has 2 aromatic rings. The summed E-state index contributed by atoms with van der Waals surface area (Å²) >= 11 is 4.10. The summed E-state index contributed by atoms with van der Waals surface area (Å²) in [6.07, 6.45) is 1.87. The number of rotatable bonds is 6. The van der Waals surface area contributed by atoms with Gasteiger partial charge in [0.15, 0.2) is 0 Å². The van der Waals surface area contributed by atoms with Gasteiger partial charge in [0.2, 0.25) is 0 Å². The molecule has 1 N–H and O–H groups in total. The molecule has 21 heavy (non-hydrogen) atoms. The zero-order valence-corrected chi connectivity index (χ0v) is 12.3. The Kier molecular flexibility index (Phi) is 5.19. The van der Waals surface area contributed by atoms with Crippen LogP contribution in [-0.2, 0) is 0 Å². The number of thiol groups is 1. The number of aldehydes is 1. The van der Waals surface area contributed by atoms with Crippen LogP contribution in [0.3, 0.4) is 0 Å². The molecule has 0 saturated heterocycles. The van der Waals surface area contributed by atoms with E-state index in [4.69, 9.17) is 14.6 Å². The molecule has 5 nitrogen and oxygen atoms in total. The molecule has 0 spiro atoms. The Morgan fingerprint density at radius 3 is 2.67 bits per heavy atom. The van der Waals surface area contributed by atoms with Crippen LogP contribution in [0, 0.1) is 0 Å². The first kappa shape index (κ1) is 15.3. The maximum atomic E-state index is 11.0. The Bertz CT molecular complexity index is 616. The number of hydrogen-bond donors (Lipinski definition) is 2. The highest BCUT2D eigenvalue weighted by molar-refractivity contribution is 7.80. The van der Waals surface area contributed by atoms with E-state index in [0.717, 1.165) is 0 Å². The lowest BCUT2D eigenvalue weighted by molar-refractivity contribution is 0.112. The van der Waals surface area contributed by atoms with Gasteiger partial charge in [-0.1, -0.05) is 0 Å². The normalized spacial score (nSPS) is 11.8. The fourth-order valence-electron chi connectivity index (χ4n) is 1.63. The smallest absolute Gasteiger partial charge is 0.150 e. The van der Waals surface area contributed by atoms with Crippen LogP contribution in [0.4, 0.5) is 0 Å². The number of aliphatic hydroxyl groups is 1. The third-order valence-electron chi connectivity index (χ3n) is 2.59. The first-order chi connectivity index (χ1) is 10.1. The molecule has 0 fully saturated rings. The Hall–Kier alpha value is -2.05. The van der Waals surface area contributed by atoms with E-state index in [-0.39, 0.29) is 12.7 Å². The molecule has 0 aliphatic carbocycles. The van der Waals surface area contributed by atoms with Gasteiger partial charge in [0.05, 0.1) is 17.8 Å². The number of nitrogens with zero attached hydrogens (tertiary/aromatic N) is 1. The molecule has 1 atom stereocenters. The maximum Gasteiger partial charge on any atom is 0.150 e. The van der Waals surface area contributed by atoms with Gasteiger partial charge in [0, 0.05) is 11.6 Å². The number of hydrogen-bond acceptors (Lipinski definition) is 6. The second-order valence-corrected chi connectivity index (χ2v) is 4.88. The van der Waals surface area contributed by atoms with Gasteiger partial charge in [-0.25, -0.2) is 4.98 Å². The number of carbonyl (C=O) groups excluding carboxylic acids is 1. The quantitative estimate of drug-likeness (QED) is 0.634. The molecule has 0 aliphatic heterocycles. The fourth-order valence-corrected chi connectivity index (χ4v) is 1.76. The van der Waals surface area contributed by atoms with E-state index in [1.807, 2.05) is 0 Å². The molecule has 1 aromatic carbocycles. The summed E-state index contributed by atoms with van der Waals surface area (Å²) in [6.45, 7) is 1.61. The monoisotopic (exact) mass is 305 g/mol. The van der Waals surface area contributed by atoms with Gasteiger partial charge in [-0.2, -0.15) is 0 Å². The minimum atomic E-state index is -0.370. The number of benzene rings is 1. The molecular weight excluding hydrogens is 290 g/mol. The van der Waals surface area contributed by atoms with E-state index >= 15 is 0 Å². The van der Waals surface area contributed by atoms with Crippen LogP contribution in [0.5, 0.6) is 17.2 Å². The predicted octanol–water partition coefficient (Wildman–Crippen LogP) is 2.73. The predicted molar refractivity (Wildman–Crippen MR) is 80.6 cm³/mol. The van der Waals surface area contributed by atoms with Crippen molar-refractivity contribution in [2.24, 2.45) is 0 Å². The highest BCUT2D eigenvalue weighted by Gasteiger charge is 2.07. The van der Waals surface area contributed by atoms with Crippen LogP contribution < -0.4 is 9.47 Å². The molecule has 110 valence electrons. The lowest BCUT2D eigenvalue weighted by atomic mass is 10.2. The fraction of sp³-hybridized carbons (Fsp3) is 0.200. The summed E-state index contributed by atoms with van der Waals surface area (Å²) in [6, 6.07) is 8.25.